The molecule has 0 fully saturated rings. The zero-order valence-corrected chi connectivity index (χ0v) is 12.6. The highest BCUT2D eigenvalue weighted by atomic mass is 79.9. The van der Waals surface area contributed by atoms with Crippen molar-refractivity contribution < 1.29 is 8.81 Å². The fraction of sp³-hybridized carbons (Fsp3) is 0.333. The third-order valence-corrected chi connectivity index (χ3v) is 3.41. The smallest absolute Gasteiger partial charge is 0.129 e. The van der Waals surface area contributed by atoms with Crippen LogP contribution in [0.2, 0.25) is 0 Å². The lowest BCUT2D eigenvalue weighted by molar-refractivity contribution is 0.422. The molecule has 4 heteroatoms. The van der Waals surface area contributed by atoms with E-state index in [9.17, 15) is 4.39 Å². The minimum atomic E-state index is -0.248. The molecule has 1 aromatic heterocycles. The standard InChI is InChI=1S/C15H17BrFNO/c1-3-8-18-15(14-7-4-10(2)19-14)12-6-5-11(16)9-13(12)17/h4-7,9,15,18H,3,8H2,1-2H3. The maximum Gasteiger partial charge on any atom is 0.129 e. The first-order valence-corrected chi connectivity index (χ1v) is 7.15. The molecular weight excluding hydrogens is 309 g/mol. The fourth-order valence-electron chi connectivity index (χ4n) is 2.00. The van der Waals surface area contributed by atoms with Gasteiger partial charge in [-0.15, -0.1) is 0 Å². The Morgan fingerprint density at radius 3 is 2.68 bits per heavy atom. The number of furan rings is 1. The number of nitrogens with one attached hydrogen (secondary N) is 1. The molecule has 0 saturated carbocycles. The van der Waals surface area contributed by atoms with Gasteiger partial charge in [0.1, 0.15) is 17.3 Å². The van der Waals surface area contributed by atoms with E-state index in [-0.39, 0.29) is 11.9 Å². The van der Waals surface area contributed by atoms with Crippen LogP contribution >= 0.6 is 15.9 Å². The lowest BCUT2D eigenvalue weighted by Crippen LogP contribution is -2.23. The van der Waals surface area contributed by atoms with Crippen molar-refractivity contribution in [3.05, 3.63) is 57.7 Å². The van der Waals surface area contributed by atoms with E-state index in [1.54, 1.807) is 6.07 Å². The molecule has 0 aliphatic carbocycles. The molecular formula is C15H17BrFNO. The van der Waals surface area contributed by atoms with Crippen LogP contribution in [0.1, 0.15) is 36.5 Å². The first-order chi connectivity index (χ1) is 9.11. The SMILES string of the molecule is CCCNC(c1ccc(C)o1)c1ccc(Br)cc1F. The predicted molar refractivity (Wildman–Crippen MR) is 77.7 cm³/mol. The molecule has 0 bridgehead atoms. The minimum absolute atomic E-state index is 0.239. The summed E-state index contributed by atoms with van der Waals surface area (Å²) in [6, 6.07) is 8.64. The lowest BCUT2D eigenvalue weighted by Gasteiger charge is -2.17. The van der Waals surface area contributed by atoms with Crippen LogP contribution in [0.5, 0.6) is 0 Å². The van der Waals surface area contributed by atoms with Crippen LogP contribution in [-0.4, -0.2) is 6.54 Å². The van der Waals surface area contributed by atoms with E-state index in [1.807, 2.05) is 25.1 Å². The van der Waals surface area contributed by atoms with Gasteiger partial charge >= 0.3 is 0 Å². The van der Waals surface area contributed by atoms with Gasteiger partial charge in [0.2, 0.25) is 0 Å². The van der Waals surface area contributed by atoms with E-state index < -0.39 is 0 Å². The second kappa shape index (κ2) is 6.35. The molecule has 0 aliphatic rings. The summed E-state index contributed by atoms with van der Waals surface area (Å²) in [5.74, 6) is 1.33. The molecule has 1 unspecified atom stereocenters. The molecule has 1 N–H and O–H groups in total. The summed E-state index contributed by atoms with van der Waals surface area (Å²) in [5.41, 5.74) is 0.603. The topological polar surface area (TPSA) is 25.2 Å². The van der Waals surface area contributed by atoms with Gasteiger partial charge in [0.25, 0.3) is 0 Å². The second-order valence-electron chi connectivity index (χ2n) is 4.50. The van der Waals surface area contributed by atoms with E-state index >= 15 is 0 Å². The van der Waals surface area contributed by atoms with Crippen molar-refractivity contribution in [3.63, 3.8) is 0 Å². The Labute approximate surface area is 121 Å². The maximum absolute atomic E-state index is 14.1. The van der Waals surface area contributed by atoms with Crippen LogP contribution in [-0.2, 0) is 0 Å². The zero-order valence-electron chi connectivity index (χ0n) is 11.0. The highest BCUT2D eigenvalue weighted by Crippen LogP contribution is 2.27. The molecule has 1 aromatic carbocycles. The van der Waals surface area contributed by atoms with E-state index in [2.05, 4.69) is 28.2 Å². The summed E-state index contributed by atoms with van der Waals surface area (Å²) in [6.45, 7) is 4.77. The van der Waals surface area contributed by atoms with Gasteiger partial charge < -0.3 is 9.73 Å². The summed E-state index contributed by atoms with van der Waals surface area (Å²) in [7, 11) is 0. The number of rotatable bonds is 5. The van der Waals surface area contributed by atoms with E-state index in [0.29, 0.717) is 5.56 Å². The number of hydrogen-bond acceptors (Lipinski definition) is 2. The Kier molecular flexibility index (Phi) is 4.77. The highest BCUT2D eigenvalue weighted by Gasteiger charge is 2.20. The van der Waals surface area contributed by atoms with Crippen molar-refractivity contribution in [2.45, 2.75) is 26.3 Å². The van der Waals surface area contributed by atoms with Gasteiger partial charge in [-0.2, -0.15) is 0 Å². The van der Waals surface area contributed by atoms with Crippen molar-refractivity contribution in [1.29, 1.82) is 0 Å². The molecule has 2 nitrogen and oxygen atoms in total. The minimum Gasteiger partial charge on any atom is -0.464 e. The van der Waals surface area contributed by atoms with Gasteiger partial charge in [-0.05, 0) is 44.2 Å². The summed E-state index contributed by atoms with van der Waals surface area (Å²) in [6.07, 6.45) is 0.980. The second-order valence-corrected chi connectivity index (χ2v) is 5.42. The largest absolute Gasteiger partial charge is 0.464 e. The van der Waals surface area contributed by atoms with Crippen molar-refractivity contribution in [3.8, 4) is 0 Å². The summed E-state index contributed by atoms with van der Waals surface area (Å²) in [5, 5.41) is 3.33. The Bertz CT molecular complexity index is 553. The van der Waals surface area contributed by atoms with Gasteiger partial charge in [0, 0.05) is 10.0 Å². The van der Waals surface area contributed by atoms with E-state index in [4.69, 9.17) is 4.42 Å². The molecule has 2 aromatic rings. The lowest BCUT2D eigenvalue weighted by atomic mass is 10.0. The van der Waals surface area contributed by atoms with Crippen LogP contribution in [0.3, 0.4) is 0 Å². The maximum atomic E-state index is 14.1. The van der Waals surface area contributed by atoms with Crippen LogP contribution in [0.25, 0.3) is 0 Å². The van der Waals surface area contributed by atoms with E-state index in [0.717, 1.165) is 29.0 Å². The quantitative estimate of drug-likeness (QED) is 0.870. The summed E-state index contributed by atoms with van der Waals surface area (Å²) in [4.78, 5) is 0. The average Bonchev–Trinajstić information content (AvgIpc) is 2.78. The molecule has 102 valence electrons. The Hall–Kier alpha value is -1.13. The number of hydrogen-bond donors (Lipinski definition) is 1. The molecule has 19 heavy (non-hydrogen) atoms. The normalized spacial score (nSPS) is 12.6. The summed E-state index contributed by atoms with van der Waals surface area (Å²) >= 11 is 3.27. The van der Waals surface area contributed by atoms with Gasteiger partial charge in [-0.25, -0.2) is 4.39 Å². The highest BCUT2D eigenvalue weighted by molar-refractivity contribution is 9.10. The van der Waals surface area contributed by atoms with Crippen LogP contribution in [0.4, 0.5) is 4.39 Å². The number of aryl methyl sites for hydroxylation is 1. The van der Waals surface area contributed by atoms with Gasteiger partial charge in [0.15, 0.2) is 0 Å². The van der Waals surface area contributed by atoms with Gasteiger partial charge in [-0.1, -0.05) is 28.9 Å². The monoisotopic (exact) mass is 325 g/mol. The van der Waals surface area contributed by atoms with Crippen molar-refractivity contribution in [1.82, 2.24) is 5.32 Å². The third-order valence-electron chi connectivity index (χ3n) is 2.92. The van der Waals surface area contributed by atoms with Crippen LogP contribution < -0.4 is 5.32 Å². The Morgan fingerprint density at radius 2 is 2.11 bits per heavy atom. The average molecular weight is 326 g/mol. The third kappa shape index (κ3) is 3.45. The molecule has 0 spiro atoms. The van der Waals surface area contributed by atoms with Crippen molar-refractivity contribution in [2.75, 3.05) is 6.54 Å². The summed E-state index contributed by atoms with van der Waals surface area (Å²) < 4.78 is 20.5. The Morgan fingerprint density at radius 1 is 1.32 bits per heavy atom. The molecule has 1 atom stereocenters. The van der Waals surface area contributed by atoms with Crippen LogP contribution in [0, 0.1) is 12.7 Å². The first kappa shape index (κ1) is 14.3. The fourth-order valence-corrected chi connectivity index (χ4v) is 2.33. The number of halogens is 2. The predicted octanol–water partition coefficient (Wildman–Crippen LogP) is 4.58. The Balaban J connectivity index is 2.36. The van der Waals surface area contributed by atoms with Crippen LogP contribution in [0.15, 0.2) is 39.2 Å². The first-order valence-electron chi connectivity index (χ1n) is 6.36. The zero-order chi connectivity index (χ0) is 13.8. The van der Waals surface area contributed by atoms with Gasteiger partial charge in [-0.3, -0.25) is 0 Å². The molecule has 0 saturated heterocycles. The van der Waals surface area contributed by atoms with Crippen molar-refractivity contribution >= 4 is 15.9 Å². The van der Waals surface area contributed by atoms with E-state index in [1.165, 1.54) is 6.07 Å². The van der Waals surface area contributed by atoms with Gasteiger partial charge in [0.05, 0.1) is 6.04 Å². The number of benzene rings is 1. The molecule has 1 heterocycles. The molecule has 0 radical (unpaired) electrons. The molecule has 2 rings (SSSR count). The van der Waals surface area contributed by atoms with Crippen molar-refractivity contribution in [2.24, 2.45) is 0 Å². The molecule has 0 aliphatic heterocycles. The molecule has 0 amide bonds.